The lowest BCUT2D eigenvalue weighted by molar-refractivity contribution is -0.267. The van der Waals surface area contributed by atoms with Crippen LogP contribution in [0.25, 0.3) is 10.9 Å². The van der Waals surface area contributed by atoms with Gasteiger partial charge in [-0.1, -0.05) is 0 Å². The van der Waals surface area contributed by atoms with Crippen molar-refractivity contribution in [3.8, 4) is 0 Å². The van der Waals surface area contributed by atoms with Crippen molar-refractivity contribution < 1.29 is 26.7 Å². The SMILES string of the molecule is O=C(Nc1ccc2cn[nH]c2c1)C(F)(F)C(F)(F)F. The molecule has 9 heteroatoms. The van der Waals surface area contributed by atoms with Gasteiger partial charge in [-0.25, -0.2) is 0 Å². The second kappa shape index (κ2) is 4.18. The molecule has 0 aliphatic carbocycles. The van der Waals surface area contributed by atoms with Crippen LogP contribution in [0.1, 0.15) is 0 Å². The summed E-state index contributed by atoms with van der Waals surface area (Å²) in [6, 6.07) is 3.81. The molecule has 4 nitrogen and oxygen atoms in total. The van der Waals surface area contributed by atoms with Gasteiger partial charge in [0.2, 0.25) is 0 Å². The lowest BCUT2D eigenvalue weighted by atomic mass is 10.2. The molecule has 0 fully saturated rings. The van der Waals surface area contributed by atoms with Crippen molar-refractivity contribution in [2.45, 2.75) is 12.1 Å². The molecule has 0 aliphatic rings. The summed E-state index contributed by atoms with van der Waals surface area (Å²) in [5.41, 5.74) is 0.207. The van der Waals surface area contributed by atoms with E-state index in [1.165, 1.54) is 29.7 Å². The van der Waals surface area contributed by atoms with Gasteiger partial charge >= 0.3 is 18.0 Å². The monoisotopic (exact) mass is 279 g/mol. The molecule has 1 aromatic carbocycles. The zero-order valence-electron chi connectivity index (χ0n) is 9.05. The number of hydrogen-bond donors (Lipinski definition) is 2. The van der Waals surface area contributed by atoms with E-state index < -0.39 is 18.0 Å². The van der Waals surface area contributed by atoms with Gasteiger partial charge in [0, 0.05) is 11.1 Å². The summed E-state index contributed by atoms with van der Waals surface area (Å²) in [6.07, 6.45) is -4.50. The van der Waals surface area contributed by atoms with E-state index >= 15 is 0 Å². The minimum atomic E-state index is -5.94. The van der Waals surface area contributed by atoms with Gasteiger partial charge in [-0.05, 0) is 18.2 Å². The molecule has 1 amide bonds. The van der Waals surface area contributed by atoms with Crippen LogP contribution in [-0.4, -0.2) is 28.2 Å². The van der Waals surface area contributed by atoms with Crippen LogP contribution in [0, 0.1) is 0 Å². The highest BCUT2D eigenvalue weighted by Gasteiger charge is 2.63. The Kier molecular flexibility index (Phi) is 2.91. The van der Waals surface area contributed by atoms with Gasteiger partial charge in [0.05, 0.1) is 11.7 Å². The molecule has 0 saturated heterocycles. The molecule has 19 heavy (non-hydrogen) atoms. The Morgan fingerprint density at radius 3 is 2.53 bits per heavy atom. The Bertz CT molecular complexity index is 619. The zero-order chi connectivity index (χ0) is 14.3. The Balaban J connectivity index is 2.23. The molecule has 0 aliphatic heterocycles. The maximum absolute atomic E-state index is 12.7. The Morgan fingerprint density at radius 1 is 1.21 bits per heavy atom. The molecular weight excluding hydrogens is 273 g/mol. The summed E-state index contributed by atoms with van der Waals surface area (Å²) in [5.74, 6) is -7.88. The number of hydrogen-bond acceptors (Lipinski definition) is 2. The lowest BCUT2D eigenvalue weighted by Gasteiger charge is -2.18. The molecule has 0 saturated carbocycles. The quantitative estimate of drug-likeness (QED) is 0.830. The summed E-state index contributed by atoms with van der Waals surface area (Å²) >= 11 is 0. The van der Waals surface area contributed by atoms with E-state index in [4.69, 9.17) is 0 Å². The van der Waals surface area contributed by atoms with Crippen molar-refractivity contribution in [3.63, 3.8) is 0 Å². The largest absolute Gasteiger partial charge is 0.463 e. The third-order valence-electron chi connectivity index (χ3n) is 2.34. The number of nitrogens with zero attached hydrogens (tertiary/aromatic N) is 1. The van der Waals surface area contributed by atoms with Crippen molar-refractivity contribution in [1.82, 2.24) is 10.2 Å². The summed E-state index contributed by atoms with van der Waals surface area (Å²) in [7, 11) is 0. The summed E-state index contributed by atoms with van der Waals surface area (Å²) < 4.78 is 61.3. The van der Waals surface area contributed by atoms with E-state index in [2.05, 4.69) is 10.2 Å². The van der Waals surface area contributed by atoms with Crippen molar-refractivity contribution in [1.29, 1.82) is 0 Å². The van der Waals surface area contributed by atoms with Crippen LogP contribution in [0.3, 0.4) is 0 Å². The molecule has 1 aromatic heterocycles. The van der Waals surface area contributed by atoms with E-state index in [0.29, 0.717) is 10.9 Å². The average Bonchev–Trinajstić information content (AvgIpc) is 2.74. The second-order valence-corrected chi connectivity index (χ2v) is 3.70. The van der Waals surface area contributed by atoms with Crippen LogP contribution in [0.15, 0.2) is 24.4 Å². The van der Waals surface area contributed by atoms with Gasteiger partial charge in [0.25, 0.3) is 0 Å². The molecule has 1 heterocycles. The molecule has 0 unspecified atom stereocenters. The topological polar surface area (TPSA) is 57.8 Å². The predicted molar refractivity (Wildman–Crippen MR) is 55.7 cm³/mol. The van der Waals surface area contributed by atoms with Gasteiger partial charge in [-0.3, -0.25) is 9.89 Å². The van der Waals surface area contributed by atoms with Crippen LogP contribution in [0.5, 0.6) is 0 Å². The number of nitrogens with one attached hydrogen (secondary N) is 2. The van der Waals surface area contributed by atoms with E-state index in [1.54, 1.807) is 0 Å². The number of alkyl halides is 5. The fourth-order valence-electron chi connectivity index (χ4n) is 1.35. The fraction of sp³-hybridized carbons (Fsp3) is 0.200. The number of halogens is 5. The van der Waals surface area contributed by atoms with Gasteiger partial charge in [0.1, 0.15) is 0 Å². The summed E-state index contributed by atoms with van der Waals surface area (Å²) in [6.45, 7) is 0. The normalized spacial score (nSPS) is 12.7. The number of aromatic nitrogens is 2. The van der Waals surface area contributed by atoms with Crippen molar-refractivity contribution >= 4 is 22.5 Å². The van der Waals surface area contributed by atoms with Gasteiger partial charge < -0.3 is 5.32 Å². The first-order valence-electron chi connectivity index (χ1n) is 4.91. The predicted octanol–water partition coefficient (Wildman–Crippen LogP) is 2.70. The first-order chi connectivity index (χ1) is 8.72. The minimum absolute atomic E-state index is 0.189. The van der Waals surface area contributed by atoms with E-state index in [-0.39, 0.29) is 5.69 Å². The van der Waals surface area contributed by atoms with Crippen molar-refractivity contribution in [2.24, 2.45) is 0 Å². The number of carbonyl (C=O) groups is 1. The number of aromatic amines is 1. The summed E-state index contributed by atoms with van der Waals surface area (Å²) in [4.78, 5) is 10.9. The van der Waals surface area contributed by atoms with Gasteiger partial charge in [-0.2, -0.15) is 27.1 Å². The number of rotatable bonds is 2. The minimum Gasteiger partial charge on any atom is -0.320 e. The molecule has 2 aromatic rings. The molecule has 2 rings (SSSR count). The first-order valence-corrected chi connectivity index (χ1v) is 4.91. The lowest BCUT2D eigenvalue weighted by Crippen LogP contribution is -2.47. The highest BCUT2D eigenvalue weighted by Crippen LogP contribution is 2.36. The van der Waals surface area contributed by atoms with Crippen LogP contribution >= 0.6 is 0 Å². The van der Waals surface area contributed by atoms with Crippen LogP contribution in [-0.2, 0) is 4.79 Å². The number of benzene rings is 1. The fourth-order valence-corrected chi connectivity index (χ4v) is 1.35. The highest BCUT2D eigenvalue weighted by molar-refractivity contribution is 5.98. The van der Waals surface area contributed by atoms with E-state index in [9.17, 15) is 26.7 Å². The Labute approximate surface area is 102 Å². The molecule has 2 N–H and O–H groups in total. The second-order valence-electron chi connectivity index (χ2n) is 3.70. The van der Waals surface area contributed by atoms with Gasteiger partial charge in [-0.15, -0.1) is 0 Å². The van der Waals surface area contributed by atoms with Crippen molar-refractivity contribution in [2.75, 3.05) is 5.32 Å². The molecule has 0 atom stereocenters. The van der Waals surface area contributed by atoms with E-state index in [1.807, 2.05) is 0 Å². The molecule has 0 bridgehead atoms. The number of amides is 1. The molecular formula is C10H6F5N3O. The van der Waals surface area contributed by atoms with Crippen LogP contribution in [0.4, 0.5) is 27.6 Å². The number of anilines is 1. The Morgan fingerprint density at radius 2 is 1.89 bits per heavy atom. The average molecular weight is 279 g/mol. The van der Waals surface area contributed by atoms with Crippen LogP contribution < -0.4 is 5.32 Å². The number of fused-ring (bicyclic) bond motifs is 1. The maximum atomic E-state index is 12.7. The first kappa shape index (κ1) is 13.2. The third-order valence-corrected chi connectivity index (χ3v) is 2.34. The Hall–Kier alpha value is -2.19. The third kappa shape index (κ3) is 2.35. The van der Waals surface area contributed by atoms with Crippen molar-refractivity contribution in [3.05, 3.63) is 24.4 Å². The number of carbonyl (C=O) groups excluding carboxylic acids is 1. The summed E-state index contributed by atoms with van der Waals surface area (Å²) in [5, 5.41) is 8.27. The maximum Gasteiger partial charge on any atom is 0.463 e. The van der Waals surface area contributed by atoms with E-state index in [0.717, 1.165) is 0 Å². The van der Waals surface area contributed by atoms with Gasteiger partial charge in [0.15, 0.2) is 0 Å². The molecule has 0 radical (unpaired) electrons. The standard InChI is InChI=1S/C10H6F5N3O/c11-9(12,10(13,14)15)8(19)17-6-2-1-5-4-16-18-7(5)3-6/h1-4H,(H,16,18)(H,17,19). The number of H-pyrrole nitrogens is 1. The van der Waals surface area contributed by atoms with Crippen LogP contribution in [0.2, 0.25) is 0 Å². The molecule has 102 valence electrons. The zero-order valence-corrected chi connectivity index (χ0v) is 9.05. The molecule has 0 spiro atoms. The highest BCUT2D eigenvalue weighted by atomic mass is 19.4. The smallest absolute Gasteiger partial charge is 0.320 e.